The van der Waals surface area contributed by atoms with Gasteiger partial charge in [0, 0.05) is 19.1 Å². The van der Waals surface area contributed by atoms with Crippen LogP contribution in [0.15, 0.2) is 4.52 Å². The highest BCUT2D eigenvalue weighted by Gasteiger charge is 2.41. The number of hydrogen-bond donors (Lipinski definition) is 1. The number of rotatable bonds is 7. The van der Waals surface area contributed by atoms with E-state index in [0.29, 0.717) is 18.4 Å². The van der Waals surface area contributed by atoms with Crippen LogP contribution in [0, 0.1) is 5.92 Å². The monoisotopic (exact) mass is 295 g/mol. The van der Waals surface area contributed by atoms with Crippen LogP contribution in [-0.4, -0.2) is 22.8 Å². The topological polar surface area (TPSA) is 74.2 Å². The molecule has 120 valence electrons. The largest absolute Gasteiger partial charge is 0.367 e. The molecule has 1 aliphatic carbocycles. The molecule has 1 fully saturated rings. The fraction of sp³-hybridized carbons (Fsp3) is 0.875. The van der Waals surface area contributed by atoms with Crippen LogP contribution in [0.2, 0.25) is 0 Å². The lowest BCUT2D eigenvalue weighted by Gasteiger charge is -2.37. The van der Waals surface area contributed by atoms with Crippen LogP contribution in [-0.2, 0) is 16.8 Å². The molecule has 0 aliphatic heterocycles. The summed E-state index contributed by atoms with van der Waals surface area (Å²) in [5, 5.41) is 4.22. The maximum atomic E-state index is 6.08. The molecule has 1 aliphatic rings. The van der Waals surface area contributed by atoms with E-state index in [1.54, 1.807) is 0 Å². The van der Waals surface area contributed by atoms with Crippen molar-refractivity contribution in [1.29, 1.82) is 0 Å². The molecule has 0 radical (unpaired) electrons. The zero-order chi connectivity index (χ0) is 15.3. The summed E-state index contributed by atoms with van der Waals surface area (Å²) in [4.78, 5) is 4.61. The minimum atomic E-state index is -0.338. The van der Waals surface area contributed by atoms with E-state index in [2.05, 4.69) is 17.1 Å². The van der Waals surface area contributed by atoms with Gasteiger partial charge in [-0.3, -0.25) is 0 Å². The van der Waals surface area contributed by atoms with Gasteiger partial charge in [0.05, 0.1) is 0 Å². The summed E-state index contributed by atoms with van der Waals surface area (Å²) in [6.07, 6.45) is 7.16. The van der Waals surface area contributed by atoms with E-state index in [4.69, 9.17) is 15.0 Å². The van der Waals surface area contributed by atoms with Crippen molar-refractivity contribution in [2.45, 2.75) is 77.4 Å². The number of hydrogen-bond acceptors (Lipinski definition) is 5. The first-order valence-electron chi connectivity index (χ1n) is 8.28. The van der Waals surface area contributed by atoms with E-state index in [1.807, 2.05) is 13.8 Å². The van der Waals surface area contributed by atoms with Crippen molar-refractivity contribution in [1.82, 2.24) is 10.1 Å². The predicted octanol–water partition coefficient (Wildman–Crippen LogP) is 3.18. The molecule has 21 heavy (non-hydrogen) atoms. The Labute approximate surface area is 127 Å². The molecule has 0 saturated heterocycles. The van der Waals surface area contributed by atoms with E-state index in [0.717, 1.165) is 44.3 Å². The van der Waals surface area contributed by atoms with Gasteiger partial charge in [-0.2, -0.15) is 4.98 Å². The second-order valence-corrected chi connectivity index (χ2v) is 6.51. The van der Waals surface area contributed by atoms with Crippen LogP contribution in [0.3, 0.4) is 0 Å². The summed E-state index contributed by atoms with van der Waals surface area (Å²) in [6, 6.07) is 0.223. The van der Waals surface area contributed by atoms with Crippen molar-refractivity contribution in [3.63, 3.8) is 0 Å². The quantitative estimate of drug-likeness (QED) is 0.836. The molecule has 2 N–H and O–H groups in total. The van der Waals surface area contributed by atoms with Gasteiger partial charge in [-0.15, -0.1) is 0 Å². The highest BCUT2D eigenvalue weighted by molar-refractivity contribution is 5.04. The highest BCUT2D eigenvalue weighted by atomic mass is 16.5. The van der Waals surface area contributed by atoms with Crippen molar-refractivity contribution < 1.29 is 9.26 Å². The second-order valence-electron chi connectivity index (χ2n) is 6.51. The van der Waals surface area contributed by atoms with Crippen molar-refractivity contribution >= 4 is 0 Å². The third kappa shape index (κ3) is 4.27. The van der Waals surface area contributed by atoms with Gasteiger partial charge in [-0.05, 0) is 51.9 Å². The van der Waals surface area contributed by atoms with Gasteiger partial charge in [0.2, 0.25) is 11.7 Å². The van der Waals surface area contributed by atoms with Gasteiger partial charge in [0.15, 0.2) is 0 Å². The molecule has 1 saturated carbocycles. The van der Waals surface area contributed by atoms with Gasteiger partial charge in [-0.25, -0.2) is 0 Å². The summed E-state index contributed by atoms with van der Waals surface area (Å²) < 4.78 is 11.5. The van der Waals surface area contributed by atoms with Gasteiger partial charge < -0.3 is 15.0 Å². The Hall–Kier alpha value is -0.940. The minimum absolute atomic E-state index is 0.223. The maximum absolute atomic E-state index is 6.08. The lowest BCUT2D eigenvalue weighted by Crippen LogP contribution is -2.36. The van der Waals surface area contributed by atoms with Gasteiger partial charge in [0.25, 0.3) is 0 Å². The molecule has 0 aromatic carbocycles. The predicted molar refractivity (Wildman–Crippen MR) is 81.8 cm³/mol. The molecular formula is C16H29N3O2. The molecule has 0 amide bonds. The molecule has 1 heterocycles. The summed E-state index contributed by atoms with van der Waals surface area (Å²) in [5.74, 6) is 2.10. The Bertz CT molecular complexity index is 429. The molecule has 5 nitrogen and oxygen atoms in total. The van der Waals surface area contributed by atoms with E-state index >= 15 is 0 Å². The molecule has 3 atom stereocenters. The zero-order valence-corrected chi connectivity index (χ0v) is 13.6. The number of ether oxygens (including phenoxy) is 1. The van der Waals surface area contributed by atoms with E-state index < -0.39 is 0 Å². The normalized spacial score (nSPS) is 27.7. The number of aromatic nitrogens is 2. The zero-order valence-electron chi connectivity index (χ0n) is 13.6. The Kier molecular flexibility index (Phi) is 5.76. The van der Waals surface area contributed by atoms with Gasteiger partial charge in [0.1, 0.15) is 5.60 Å². The summed E-state index contributed by atoms with van der Waals surface area (Å²) >= 11 is 0. The average Bonchev–Trinajstić information content (AvgIpc) is 2.88. The van der Waals surface area contributed by atoms with Crippen LogP contribution in [0.25, 0.3) is 0 Å². The lowest BCUT2D eigenvalue weighted by atomic mass is 9.78. The standard InChI is InChI=1S/C16H29N3O2/c1-4-20-16(10-6-7-12(2)11-16)15-18-14(21-19-15)9-5-8-13(3)17/h12-13H,4-11,17H2,1-3H3. The maximum Gasteiger partial charge on any atom is 0.226 e. The number of nitrogens with zero attached hydrogens (tertiary/aromatic N) is 2. The third-order valence-electron chi connectivity index (χ3n) is 4.30. The fourth-order valence-corrected chi connectivity index (χ4v) is 3.29. The first kappa shape index (κ1) is 16.4. The third-order valence-corrected chi connectivity index (χ3v) is 4.30. The van der Waals surface area contributed by atoms with Crippen molar-refractivity contribution in [3.05, 3.63) is 11.7 Å². The number of nitrogens with two attached hydrogens (primary N) is 1. The van der Waals surface area contributed by atoms with Crippen molar-refractivity contribution in [3.8, 4) is 0 Å². The minimum Gasteiger partial charge on any atom is -0.367 e. The lowest BCUT2D eigenvalue weighted by molar-refractivity contribution is -0.0891. The van der Waals surface area contributed by atoms with Gasteiger partial charge in [-0.1, -0.05) is 18.5 Å². The summed E-state index contributed by atoms with van der Waals surface area (Å²) in [7, 11) is 0. The SMILES string of the molecule is CCOC1(c2noc(CCCC(C)N)n2)CCCC(C)C1. The Morgan fingerprint density at radius 1 is 1.52 bits per heavy atom. The molecule has 2 rings (SSSR count). The molecule has 0 bridgehead atoms. The van der Waals surface area contributed by atoms with Crippen LogP contribution in [0.1, 0.15) is 71.0 Å². The van der Waals surface area contributed by atoms with Crippen LogP contribution in [0.4, 0.5) is 0 Å². The second kappa shape index (κ2) is 7.36. The first-order valence-corrected chi connectivity index (χ1v) is 8.28. The molecule has 5 heteroatoms. The number of aryl methyl sites for hydroxylation is 1. The first-order chi connectivity index (χ1) is 10.1. The molecule has 3 unspecified atom stereocenters. The van der Waals surface area contributed by atoms with Crippen LogP contribution >= 0.6 is 0 Å². The van der Waals surface area contributed by atoms with Crippen molar-refractivity contribution in [2.24, 2.45) is 11.7 Å². The fourth-order valence-electron chi connectivity index (χ4n) is 3.29. The molecular weight excluding hydrogens is 266 g/mol. The molecule has 0 spiro atoms. The molecule has 1 aromatic heterocycles. The van der Waals surface area contributed by atoms with Crippen LogP contribution in [0.5, 0.6) is 0 Å². The average molecular weight is 295 g/mol. The highest BCUT2D eigenvalue weighted by Crippen LogP contribution is 2.41. The Morgan fingerprint density at radius 3 is 3.00 bits per heavy atom. The van der Waals surface area contributed by atoms with Crippen LogP contribution < -0.4 is 5.73 Å². The summed E-state index contributed by atoms with van der Waals surface area (Å²) in [6.45, 7) is 7.01. The van der Waals surface area contributed by atoms with Crippen molar-refractivity contribution in [2.75, 3.05) is 6.61 Å². The summed E-state index contributed by atoms with van der Waals surface area (Å²) in [5.41, 5.74) is 5.43. The molecule has 1 aromatic rings. The van der Waals surface area contributed by atoms with E-state index in [-0.39, 0.29) is 11.6 Å². The van der Waals surface area contributed by atoms with E-state index in [9.17, 15) is 0 Å². The Balaban J connectivity index is 2.05. The van der Waals surface area contributed by atoms with Gasteiger partial charge >= 0.3 is 0 Å². The smallest absolute Gasteiger partial charge is 0.226 e. The Morgan fingerprint density at radius 2 is 2.33 bits per heavy atom. The van der Waals surface area contributed by atoms with E-state index in [1.165, 1.54) is 6.42 Å².